The molecule has 2 saturated carbocycles. The lowest BCUT2D eigenvalue weighted by Gasteiger charge is -2.50. The van der Waals surface area contributed by atoms with Gasteiger partial charge in [0.1, 0.15) is 0 Å². The van der Waals surface area contributed by atoms with Crippen LogP contribution >= 0.6 is 0 Å². The molecule has 6 nitrogen and oxygen atoms in total. The Labute approximate surface area is 288 Å². The zero-order valence-electron chi connectivity index (χ0n) is 30.0. The van der Waals surface area contributed by atoms with E-state index in [1.807, 2.05) is 12.1 Å². The van der Waals surface area contributed by atoms with Gasteiger partial charge < -0.3 is 20.4 Å². The number of fused-ring (bicyclic) bond motifs is 6. The molecule has 0 bridgehead atoms. The molecule has 6 atom stereocenters. The fraction of sp³-hybridized carbons (Fsp3) is 0.667. The Morgan fingerprint density at radius 3 is 1.38 bits per heavy atom. The normalized spacial score (nSPS) is 32.5. The van der Waals surface area contributed by atoms with Crippen molar-refractivity contribution in [2.75, 3.05) is 0 Å². The molecule has 4 aliphatic carbocycles. The highest BCUT2D eigenvalue weighted by molar-refractivity contribution is 5.88. The average molecular weight is 661 g/mol. The quantitative estimate of drug-likeness (QED) is 0.224. The van der Waals surface area contributed by atoms with E-state index in [4.69, 9.17) is 0 Å². The fourth-order valence-corrected chi connectivity index (χ4v) is 10.9. The minimum atomic E-state index is -0.842. The number of carboxylic acid groups (broad SMARTS) is 2. The Morgan fingerprint density at radius 1 is 0.646 bits per heavy atom. The van der Waals surface area contributed by atoms with E-state index in [-0.39, 0.29) is 10.8 Å². The van der Waals surface area contributed by atoms with Crippen LogP contribution < -0.4 is 0 Å². The molecule has 48 heavy (non-hydrogen) atoms. The second-order valence-corrected chi connectivity index (χ2v) is 15.9. The molecule has 0 unspecified atom stereocenters. The summed E-state index contributed by atoms with van der Waals surface area (Å²) >= 11 is 0. The first kappa shape index (κ1) is 36.6. The molecule has 0 amide bonds. The third-order valence-electron chi connectivity index (χ3n) is 13.4. The molecule has 2 fully saturated rings. The van der Waals surface area contributed by atoms with Crippen LogP contribution in [0.1, 0.15) is 173 Å². The molecule has 2 aromatic carbocycles. The van der Waals surface area contributed by atoms with E-state index in [1.54, 1.807) is 12.1 Å². The van der Waals surface area contributed by atoms with E-state index >= 15 is 0 Å². The number of benzene rings is 2. The molecular weight excluding hydrogens is 600 g/mol. The molecule has 0 spiro atoms. The molecule has 6 heteroatoms. The Hall–Kier alpha value is -2.70. The van der Waals surface area contributed by atoms with Crippen molar-refractivity contribution in [1.82, 2.24) is 0 Å². The number of hydrogen-bond acceptors (Lipinski definition) is 4. The molecule has 0 radical (unpaired) electrons. The molecule has 4 aliphatic rings. The van der Waals surface area contributed by atoms with Crippen LogP contribution in [0.4, 0.5) is 0 Å². The van der Waals surface area contributed by atoms with Gasteiger partial charge in [0.25, 0.3) is 0 Å². The maximum atomic E-state index is 11.3. The predicted molar refractivity (Wildman–Crippen MR) is 191 cm³/mol. The molecule has 0 heterocycles. The lowest BCUT2D eigenvalue weighted by atomic mass is 9.56. The molecule has 0 aliphatic heterocycles. The van der Waals surface area contributed by atoms with Crippen molar-refractivity contribution < 1.29 is 30.0 Å². The molecule has 4 N–H and O–H groups in total. The van der Waals surface area contributed by atoms with Gasteiger partial charge in [-0.3, -0.25) is 0 Å². The van der Waals surface area contributed by atoms with Crippen LogP contribution in [0, 0.1) is 11.8 Å². The van der Waals surface area contributed by atoms with Gasteiger partial charge >= 0.3 is 11.9 Å². The second kappa shape index (κ2) is 14.6. The Balaban J connectivity index is 0.000000188. The summed E-state index contributed by atoms with van der Waals surface area (Å²) in [6, 6.07) is 11.5. The van der Waals surface area contributed by atoms with E-state index in [0.717, 1.165) is 116 Å². The van der Waals surface area contributed by atoms with E-state index < -0.39 is 23.1 Å². The highest BCUT2D eigenvalue weighted by atomic mass is 16.4. The summed E-state index contributed by atoms with van der Waals surface area (Å²) in [4.78, 5) is 22.7. The molecule has 0 saturated heterocycles. The Kier molecular flexibility index (Phi) is 11.2. The van der Waals surface area contributed by atoms with Crippen molar-refractivity contribution in [3.8, 4) is 0 Å². The number of hydrogen-bond donors (Lipinski definition) is 4. The first-order chi connectivity index (χ1) is 22.9. The number of rotatable bonds is 8. The van der Waals surface area contributed by atoms with Crippen molar-refractivity contribution in [3.63, 3.8) is 0 Å². The lowest BCUT2D eigenvalue weighted by molar-refractivity contribution is -0.0545. The van der Waals surface area contributed by atoms with Gasteiger partial charge in [0.2, 0.25) is 0 Å². The summed E-state index contributed by atoms with van der Waals surface area (Å²) in [5.74, 6) is -0.676. The second-order valence-electron chi connectivity index (χ2n) is 15.9. The van der Waals surface area contributed by atoms with E-state index in [1.165, 1.54) is 22.3 Å². The van der Waals surface area contributed by atoms with Crippen LogP contribution in [0.25, 0.3) is 0 Å². The molecule has 2 aromatic rings. The number of aryl methyl sites for hydroxylation is 2. The molecule has 264 valence electrons. The number of aromatic carboxylic acids is 2. The highest BCUT2D eigenvalue weighted by Crippen LogP contribution is 2.56. The van der Waals surface area contributed by atoms with E-state index in [9.17, 15) is 30.0 Å². The third-order valence-corrected chi connectivity index (χ3v) is 13.4. The van der Waals surface area contributed by atoms with Gasteiger partial charge in [-0.05, 0) is 172 Å². The van der Waals surface area contributed by atoms with Crippen LogP contribution in [0.15, 0.2) is 36.4 Å². The largest absolute Gasteiger partial charge is 0.478 e. The summed E-state index contributed by atoms with van der Waals surface area (Å²) in [6.07, 6.45) is 17.9. The summed E-state index contributed by atoms with van der Waals surface area (Å²) in [5.41, 5.74) is 5.19. The Morgan fingerprint density at radius 2 is 1.04 bits per heavy atom. The van der Waals surface area contributed by atoms with Gasteiger partial charge in [0, 0.05) is 0 Å². The number of aliphatic hydroxyl groups is 2. The summed E-state index contributed by atoms with van der Waals surface area (Å²) in [5, 5.41) is 40.6. The topological polar surface area (TPSA) is 115 Å². The number of carboxylic acids is 2. The maximum Gasteiger partial charge on any atom is 0.335 e. The van der Waals surface area contributed by atoms with Crippen molar-refractivity contribution >= 4 is 11.9 Å². The first-order valence-corrected chi connectivity index (χ1v) is 19.1. The van der Waals surface area contributed by atoms with E-state index in [0.29, 0.717) is 23.0 Å². The standard InChI is InChI=1S/2C21H30O3/c2*1-3-10-20(24)11-12-21(4-2)17(14-20)7-5-6-15-13-16(19(22)23)8-9-18(15)21/h2*8-9,13,17,24H,3-7,10-12,14H2,1-2H3,(H,22,23)/t2*17-,20+,21+/m10/s1. The zero-order valence-corrected chi connectivity index (χ0v) is 30.0. The van der Waals surface area contributed by atoms with Gasteiger partial charge in [0.15, 0.2) is 0 Å². The van der Waals surface area contributed by atoms with Crippen LogP contribution in [0.2, 0.25) is 0 Å². The molecule has 6 rings (SSSR count). The average Bonchev–Trinajstić information content (AvgIpc) is 3.31. The van der Waals surface area contributed by atoms with Crippen LogP contribution in [0.3, 0.4) is 0 Å². The molecular formula is C42H60O6. The van der Waals surface area contributed by atoms with Gasteiger partial charge in [0.05, 0.1) is 22.3 Å². The zero-order chi connectivity index (χ0) is 34.7. The van der Waals surface area contributed by atoms with Gasteiger partial charge in [-0.15, -0.1) is 0 Å². The monoisotopic (exact) mass is 660 g/mol. The highest BCUT2D eigenvalue weighted by Gasteiger charge is 2.50. The van der Waals surface area contributed by atoms with Crippen molar-refractivity contribution in [2.45, 2.75) is 165 Å². The van der Waals surface area contributed by atoms with Crippen molar-refractivity contribution in [3.05, 3.63) is 69.8 Å². The Bertz CT molecular complexity index is 1360. The smallest absolute Gasteiger partial charge is 0.335 e. The first-order valence-electron chi connectivity index (χ1n) is 19.1. The summed E-state index contributed by atoms with van der Waals surface area (Å²) in [6.45, 7) is 8.82. The third kappa shape index (κ3) is 6.99. The minimum Gasteiger partial charge on any atom is -0.478 e. The van der Waals surface area contributed by atoms with Gasteiger partial charge in [-0.1, -0.05) is 52.7 Å². The van der Waals surface area contributed by atoms with Gasteiger partial charge in [-0.25, -0.2) is 9.59 Å². The van der Waals surface area contributed by atoms with E-state index in [2.05, 4.69) is 39.8 Å². The molecule has 0 aromatic heterocycles. The van der Waals surface area contributed by atoms with Crippen LogP contribution in [-0.4, -0.2) is 43.6 Å². The van der Waals surface area contributed by atoms with Crippen molar-refractivity contribution in [1.29, 1.82) is 0 Å². The number of carbonyl (C=O) groups is 2. The minimum absolute atomic E-state index is 0.114. The fourth-order valence-electron chi connectivity index (χ4n) is 10.9. The maximum absolute atomic E-state index is 11.3. The van der Waals surface area contributed by atoms with Crippen LogP contribution in [-0.2, 0) is 23.7 Å². The lowest BCUT2D eigenvalue weighted by Crippen LogP contribution is -2.47. The van der Waals surface area contributed by atoms with Gasteiger partial charge in [-0.2, -0.15) is 0 Å². The summed E-state index contributed by atoms with van der Waals surface area (Å²) < 4.78 is 0. The van der Waals surface area contributed by atoms with Crippen molar-refractivity contribution in [2.24, 2.45) is 11.8 Å². The van der Waals surface area contributed by atoms with Crippen LogP contribution in [0.5, 0.6) is 0 Å². The SMILES string of the molecule is CCC[C@@]1(O)CC[C@@]2(CC)c3ccc(C(=O)O)cc3CCC[C@H]2C1.CCC[C@]1(O)CC[C@]2(CC)c3ccc(C(=O)O)cc3CCC[C@@H]2C1. The summed E-state index contributed by atoms with van der Waals surface area (Å²) in [7, 11) is 0. The predicted octanol–water partition coefficient (Wildman–Crippen LogP) is 9.40.